The second-order valence-electron chi connectivity index (χ2n) is 8.40. The molecule has 190 valence electrons. The molecule has 0 spiro atoms. The zero-order chi connectivity index (χ0) is 26.2. The van der Waals surface area contributed by atoms with E-state index in [-0.39, 0.29) is 12.0 Å². The van der Waals surface area contributed by atoms with Gasteiger partial charge in [-0.1, -0.05) is 65.9 Å². The number of nitrogens with zero attached hydrogens (tertiary/aromatic N) is 1. The zero-order valence-electron chi connectivity index (χ0n) is 20.0. The second-order valence-corrected chi connectivity index (χ2v) is 9.43. The molecule has 2 amide bonds. The lowest BCUT2D eigenvalue weighted by molar-refractivity contribution is -0.125. The van der Waals surface area contributed by atoms with Gasteiger partial charge in [-0.3, -0.25) is 9.59 Å². The minimum Gasteiger partial charge on any atom is -0.372 e. The average Bonchev–Trinajstić information content (AvgIpc) is 3.32. The van der Waals surface area contributed by atoms with Crippen LogP contribution in [0.1, 0.15) is 23.6 Å². The van der Waals surface area contributed by atoms with E-state index >= 15 is 0 Å². The fourth-order valence-corrected chi connectivity index (χ4v) is 4.55. The SMILES string of the molecule is C[C@H](NC(=O)Cc1cc(F)cc(F)c1)C(=O)Nc1ncc(-c2ccccc2COCc2ccccc2)s1. The Hall–Kier alpha value is -3.95. The van der Waals surface area contributed by atoms with Gasteiger partial charge in [-0.2, -0.15) is 0 Å². The molecule has 9 heteroatoms. The predicted octanol–water partition coefficient (Wildman–Crippen LogP) is 5.49. The van der Waals surface area contributed by atoms with E-state index in [0.29, 0.717) is 18.3 Å². The van der Waals surface area contributed by atoms with Gasteiger partial charge in [0.2, 0.25) is 11.8 Å². The number of benzene rings is 3. The highest BCUT2D eigenvalue weighted by Gasteiger charge is 2.18. The maximum Gasteiger partial charge on any atom is 0.248 e. The minimum absolute atomic E-state index is 0.179. The Kier molecular flexibility index (Phi) is 8.71. The molecule has 37 heavy (non-hydrogen) atoms. The summed E-state index contributed by atoms with van der Waals surface area (Å²) in [6.45, 7) is 2.44. The molecule has 2 N–H and O–H groups in total. The van der Waals surface area contributed by atoms with Crippen LogP contribution in [0.2, 0.25) is 0 Å². The fourth-order valence-electron chi connectivity index (χ4n) is 3.67. The first-order chi connectivity index (χ1) is 17.9. The molecular weight excluding hydrogens is 496 g/mol. The number of ether oxygens (including phenoxy) is 1. The quantitative estimate of drug-likeness (QED) is 0.289. The second kappa shape index (κ2) is 12.3. The standard InChI is InChI=1S/C28H25F2N3O3S/c1-18(32-26(34)13-20-11-22(29)14-23(30)12-20)27(35)33-28-31-15-25(37-28)24-10-6-5-9-21(24)17-36-16-19-7-3-2-4-8-19/h2-12,14-15,18H,13,16-17H2,1H3,(H,32,34)(H,31,33,35)/t18-/m0/s1. The largest absolute Gasteiger partial charge is 0.372 e. The first-order valence-corrected chi connectivity index (χ1v) is 12.4. The molecule has 0 aliphatic heterocycles. The van der Waals surface area contributed by atoms with Gasteiger partial charge in [0.1, 0.15) is 17.7 Å². The third kappa shape index (κ3) is 7.52. The summed E-state index contributed by atoms with van der Waals surface area (Å²) in [6, 6.07) is 19.8. The van der Waals surface area contributed by atoms with Gasteiger partial charge in [0, 0.05) is 12.3 Å². The molecule has 0 radical (unpaired) electrons. The van der Waals surface area contributed by atoms with Crippen LogP contribution >= 0.6 is 11.3 Å². The van der Waals surface area contributed by atoms with Gasteiger partial charge in [0.25, 0.3) is 0 Å². The maximum absolute atomic E-state index is 13.3. The third-order valence-electron chi connectivity index (χ3n) is 5.45. The van der Waals surface area contributed by atoms with Gasteiger partial charge >= 0.3 is 0 Å². The lowest BCUT2D eigenvalue weighted by Crippen LogP contribution is -2.42. The van der Waals surface area contributed by atoms with Crippen molar-refractivity contribution in [3.05, 3.63) is 107 Å². The molecule has 6 nitrogen and oxygen atoms in total. The Morgan fingerprint density at radius 1 is 0.946 bits per heavy atom. The van der Waals surface area contributed by atoms with Crippen LogP contribution in [0.25, 0.3) is 10.4 Å². The maximum atomic E-state index is 13.3. The predicted molar refractivity (Wildman–Crippen MR) is 139 cm³/mol. The number of rotatable bonds is 10. The number of halogens is 2. The number of thiazole rings is 1. The molecule has 0 unspecified atom stereocenters. The van der Waals surface area contributed by atoms with Crippen LogP contribution in [0.3, 0.4) is 0 Å². The van der Waals surface area contributed by atoms with Gasteiger partial charge in [0.15, 0.2) is 5.13 Å². The number of aromatic nitrogens is 1. The highest BCUT2D eigenvalue weighted by Crippen LogP contribution is 2.32. The molecule has 0 bridgehead atoms. The van der Waals surface area contributed by atoms with Gasteiger partial charge in [-0.15, -0.1) is 0 Å². The first kappa shape index (κ1) is 26.1. The summed E-state index contributed by atoms with van der Waals surface area (Å²) in [5.74, 6) is -2.52. The van der Waals surface area contributed by atoms with Crippen LogP contribution in [0.5, 0.6) is 0 Å². The summed E-state index contributed by atoms with van der Waals surface area (Å²) in [5.41, 5.74) is 3.22. The smallest absolute Gasteiger partial charge is 0.248 e. The number of amides is 2. The average molecular weight is 522 g/mol. The molecule has 4 rings (SSSR count). The molecule has 1 aromatic heterocycles. The normalized spacial score (nSPS) is 11.6. The van der Waals surface area contributed by atoms with E-state index in [1.165, 1.54) is 18.3 Å². The molecule has 0 saturated heterocycles. The monoisotopic (exact) mass is 521 g/mol. The number of hydrogen-bond donors (Lipinski definition) is 2. The molecule has 4 aromatic rings. The number of anilines is 1. The van der Waals surface area contributed by atoms with E-state index in [9.17, 15) is 18.4 Å². The Bertz CT molecular complexity index is 1360. The number of nitrogens with one attached hydrogen (secondary N) is 2. The van der Waals surface area contributed by atoms with Crippen molar-refractivity contribution in [1.82, 2.24) is 10.3 Å². The van der Waals surface area contributed by atoms with Crippen LogP contribution in [0.4, 0.5) is 13.9 Å². The van der Waals surface area contributed by atoms with Crippen LogP contribution in [-0.2, 0) is 34.0 Å². The molecule has 0 fully saturated rings. The van der Waals surface area contributed by atoms with Crippen LogP contribution in [0.15, 0.2) is 79.0 Å². The Morgan fingerprint density at radius 3 is 2.41 bits per heavy atom. The summed E-state index contributed by atoms with van der Waals surface area (Å²) < 4.78 is 32.6. The third-order valence-corrected chi connectivity index (χ3v) is 6.39. The molecular formula is C28H25F2N3O3S. The molecule has 1 heterocycles. The molecule has 0 saturated carbocycles. The van der Waals surface area contributed by atoms with Crippen LogP contribution in [-0.4, -0.2) is 22.8 Å². The minimum atomic E-state index is -0.878. The number of hydrogen-bond acceptors (Lipinski definition) is 5. The van der Waals surface area contributed by atoms with Crippen molar-refractivity contribution < 1.29 is 23.1 Å². The van der Waals surface area contributed by atoms with Crippen LogP contribution in [0, 0.1) is 11.6 Å². The molecule has 3 aromatic carbocycles. The van der Waals surface area contributed by atoms with Crippen molar-refractivity contribution in [3.8, 4) is 10.4 Å². The van der Waals surface area contributed by atoms with Crippen molar-refractivity contribution in [2.75, 3.05) is 5.32 Å². The Morgan fingerprint density at radius 2 is 1.65 bits per heavy atom. The summed E-state index contributed by atoms with van der Waals surface area (Å²) in [5, 5.41) is 5.62. The van der Waals surface area contributed by atoms with Crippen molar-refractivity contribution in [1.29, 1.82) is 0 Å². The van der Waals surface area contributed by atoms with Gasteiger partial charge < -0.3 is 15.4 Å². The van der Waals surface area contributed by atoms with E-state index in [0.717, 1.165) is 39.8 Å². The highest BCUT2D eigenvalue weighted by atomic mass is 32.1. The van der Waals surface area contributed by atoms with Crippen molar-refractivity contribution in [2.24, 2.45) is 0 Å². The van der Waals surface area contributed by atoms with Gasteiger partial charge in [-0.25, -0.2) is 13.8 Å². The number of carbonyl (C=O) groups excluding carboxylic acids is 2. The zero-order valence-corrected chi connectivity index (χ0v) is 20.9. The molecule has 0 aliphatic carbocycles. The number of carbonyl (C=O) groups is 2. The Labute approximate surface area is 217 Å². The van der Waals surface area contributed by atoms with Gasteiger partial charge in [0.05, 0.1) is 24.5 Å². The molecule has 1 atom stereocenters. The van der Waals surface area contributed by atoms with Crippen molar-refractivity contribution in [3.63, 3.8) is 0 Å². The summed E-state index contributed by atoms with van der Waals surface area (Å²) >= 11 is 1.31. The van der Waals surface area contributed by atoms with Gasteiger partial charge in [-0.05, 0) is 41.3 Å². The van der Waals surface area contributed by atoms with E-state index in [1.54, 1.807) is 6.20 Å². The summed E-state index contributed by atoms with van der Waals surface area (Å²) in [6.07, 6.45) is 1.43. The molecule has 0 aliphatic rings. The Balaban J connectivity index is 1.33. The van der Waals surface area contributed by atoms with E-state index in [1.807, 2.05) is 54.6 Å². The van der Waals surface area contributed by atoms with Crippen LogP contribution < -0.4 is 10.6 Å². The van der Waals surface area contributed by atoms with Crippen molar-refractivity contribution >= 4 is 28.3 Å². The lowest BCUT2D eigenvalue weighted by atomic mass is 10.1. The van der Waals surface area contributed by atoms with E-state index in [4.69, 9.17) is 4.74 Å². The highest BCUT2D eigenvalue weighted by molar-refractivity contribution is 7.19. The first-order valence-electron chi connectivity index (χ1n) is 11.6. The van der Waals surface area contributed by atoms with E-state index in [2.05, 4.69) is 15.6 Å². The van der Waals surface area contributed by atoms with E-state index < -0.39 is 29.5 Å². The summed E-state index contributed by atoms with van der Waals surface area (Å²) in [7, 11) is 0. The lowest BCUT2D eigenvalue weighted by Gasteiger charge is -2.13. The topological polar surface area (TPSA) is 80.3 Å². The fraction of sp³-hybridized carbons (Fsp3) is 0.179. The summed E-state index contributed by atoms with van der Waals surface area (Å²) in [4.78, 5) is 30.0. The van der Waals surface area contributed by atoms with Crippen molar-refractivity contribution in [2.45, 2.75) is 32.6 Å².